The quantitative estimate of drug-likeness (QED) is 0.768. The molecule has 0 radical (unpaired) electrons. The molecule has 8 nitrogen and oxygen atoms in total. The molecule has 0 N–H and O–H groups in total. The molecule has 140 valence electrons. The number of nitrogens with zero attached hydrogens (tertiary/aromatic N) is 5. The van der Waals surface area contributed by atoms with Gasteiger partial charge in [-0.15, -0.1) is 0 Å². The van der Waals surface area contributed by atoms with E-state index in [-0.39, 0.29) is 5.56 Å². The number of carbonyl (C=O) groups excluding carboxylic acids is 1. The Kier molecular flexibility index (Phi) is 4.90. The van der Waals surface area contributed by atoms with Crippen LogP contribution in [0.15, 0.2) is 9.90 Å². The number of fused-ring (bicyclic) bond motifs is 1. The fourth-order valence-corrected chi connectivity index (χ4v) is 3.83. The van der Waals surface area contributed by atoms with Gasteiger partial charge in [0.2, 0.25) is 0 Å². The topological polar surface area (TPSA) is 80.0 Å². The van der Waals surface area contributed by atoms with Crippen LogP contribution in [-0.2, 0) is 17.7 Å². The standard InChI is InChI=1S/C18H25N5O3/c24-17-14(13-19-23-11-12-26-18(23)25)16(21-8-4-1-2-5-9-21)20-15-7-3-6-10-22(15)17/h13H,1-12H2/b19-13-. The number of hydrogen-bond acceptors (Lipinski definition) is 6. The number of aromatic nitrogens is 2. The summed E-state index contributed by atoms with van der Waals surface area (Å²) in [6, 6.07) is 0. The van der Waals surface area contributed by atoms with Crippen molar-refractivity contribution in [3.63, 3.8) is 0 Å². The van der Waals surface area contributed by atoms with Crippen LogP contribution in [0.25, 0.3) is 0 Å². The lowest BCUT2D eigenvalue weighted by Crippen LogP contribution is -2.36. The second kappa shape index (κ2) is 7.47. The highest BCUT2D eigenvalue weighted by molar-refractivity contribution is 5.87. The molecule has 26 heavy (non-hydrogen) atoms. The first-order valence-corrected chi connectivity index (χ1v) is 9.61. The number of hydrogen-bond donors (Lipinski definition) is 0. The van der Waals surface area contributed by atoms with Crippen LogP contribution in [0.1, 0.15) is 49.9 Å². The summed E-state index contributed by atoms with van der Waals surface area (Å²) in [5.74, 6) is 1.60. The van der Waals surface area contributed by atoms with E-state index < -0.39 is 6.09 Å². The molecule has 3 aliphatic heterocycles. The van der Waals surface area contributed by atoms with Gasteiger partial charge in [0.15, 0.2) is 0 Å². The van der Waals surface area contributed by atoms with Gasteiger partial charge >= 0.3 is 6.09 Å². The molecule has 0 saturated carbocycles. The van der Waals surface area contributed by atoms with Crippen molar-refractivity contribution in [2.24, 2.45) is 5.10 Å². The summed E-state index contributed by atoms with van der Waals surface area (Å²) >= 11 is 0. The maximum atomic E-state index is 13.1. The van der Waals surface area contributed by atoms with Gasteiger partial charge in [-0.05, 0) is 25.7 Å². The number of aryl methyl sites for hydroxylation is 1. The molecule has 4 rings (SSSR count). The Morgan fingerprint density at radius 2 is 1.73 bits per heavy atom. The zero-order chi connectivity index (χ0) is 17.9. The number of hydrazone groups is 1. The number of rotatable bonds is 3. The second-order valence-corrected chi connectivity index (χ2v) is 7.06. The highest BCUT2D eigenvalue weighted by Gasteiger charge is 2.24. The van der Waals surface area contributed by atoms with Crippen LogP contribution in [0.3, 0.4) is 0 Å². The molecule has 2 fully saturated rings. The predicted octanol–water partition coefficient (Wildman–Crippen LogP) is 1.75. The highest BCUT2D eigenvalue weighted by atomic mass is 16.6. The highest BCUT2D eigenvalue weighted by Crippen LogP contribution is 2.22. The molecule has 3 aliphatic rings. The first-order valence-electron chi connectivity index (χ1n) is 9.61. The van der Waals surface area contributed by atoms with E-state index >= 15 is 0 Å². The SMILES string of the molecule is O=C1OCCN1/N=C\c1c(N2CCCCCC2)nc2n(c1=O)CCCC2. The Bertz CT molecular complexity index is 765. The van der Waals surface area contributed by atoms with Gasteiger partial charge in [-0.3, -0.25) is 9.36 Å². The number of ether oxygens (including phenoxy) is 1. The lowest BCUT2D eigenvalue weighted by atomic mass is 10.1. The van der Waals surface area contributed by atoms with E-state index in [0.29, 0.717) is 25.3 Å². The van der Waals surface area contributed by atoms with Crippen molar-refractivity contribution in [1.29, 1.82) is 0 Å². The molecule has 4 heterocycles. The Hall–Kier alpha value is -2.38. The normalized spacial score (nSPS) is 21.0. The third-order valence-electron chi connectivity index (χ3n) is 5.27. The average molecular weight is 359 g/mol. The first-order chi connectivity index (χ1) is 12.7. The molecule has 8 heteroatoms. The maximum Gasteiger partial charge on any atom is 0.430 e. The first kappa shape index (κ1) is 17.1. The zero-order valence-electron chi connectivity index (χ0n) is 15.0. The van der Waals surface area contributed by atoms with Crippen LogP contribution >= 0.6 is 0 Å². The molecule has 0 aromatic carbocycles. The van der Waals surface area contributed by atoms with Gasteiger partial charge in [-0.1, -0.05) is 12.8 Å². The van der Waals surface area contributed by atoms with Crippen molar-refractivity contribution in [3.8, 4) is 0 Å². The van der Waals surface area contributed by atoms with Crippen molar-refractivity contribution < 1.29 is 9.53 Å². The lowest BCUT2D eigenvalue weighted by Gasteiger charge is -2.26. The maximum absolute atomic E-state index is 13.1. The van der Waals surface area contributed by atoms with E-state index in [0.717, 1.165) is 56.8 Å². The number of cyclic esters (lactones) is 1. The fraction of sp³-hybridized carbons (Fsp3) is 0.667. The molecule has 0 unspecified atom stereocenters. The molecule has 0 bridgehead atoms. The van der Waals surface area contributed by atoms with E-state index in [1.54, 1.807) is 4.57 Å². The molecular formula is C18H25N5O3. The monoisotopic (exact) mass is 359 g/mol. The predicted molar refractivity (Wildman–Crippen MR) is 97.8 cm³/mol. The van der Waals surface area contributed by atoms with Gasteiger partial charge in [0, 0.05) is 26.1 Å². The van der Waals surface area contributed by atoms with Crippen LogP contribution in [0.4, 0.5) is 10.6 Å². The van der Waals surface area contributed by atoms with Crippen LogP contribution in [0.5, 0.6) is 0 Å². The van der Waals surface area contributed by atoms with Crippen LogP contribution in [0.2, 0.25) is 0 Å². The third kappa shape index (κ3) is 3.32. The Morgan fingerprint density at radius 1 is 0.962 bits per heavy atom. The third-order valence-corrected chi connectivity index (χ3v) is 5.27. The minimum absolute atomic E-state index is 0.0507. The molecule has 1 amide bonds. The molecule has 1 aromatic rings. The Labute approximate surface area is 152 Å². The smallest absolute Gasteiger partial charge is 0.430 e. The van der Waals surface area contributed by atoms with E-state index in [4.69, 9.17) is 9.72 Å². The van der Waals surface area contributed by atoms with E-state index in [1.807, 2.05) is 0 Å². The molecule has 0 atom stereocenters. The van der Waals surface area contributed by atoms with E-state index in [2.05, 4.69) is 10.0 Å². The van der Waals surface area contributed by atoms with E-state index in [9.17, 15) is 9.59 Å². The van der Waals surface area contributed by atoms with Crippen molar-refractivity contribution >= 4 is 18.1 Å². The summed E-state index contributed by atoms with van der Waals surface area (Å²) in [5.41, 5.74) is 0.433. The van der Waals surface area contributed by atoms with Gasteiger partial charge in [0.05, 0.1) is 12.8 Å². The van der Waals surface area contributed by atoms with Gasteiger partial charge in [-0.25, -0.2) is 9.78 Å². The van der Waals surface area contributed by atoms with Crippen molar-refractivity contribution in [2.45, 2.75) is 51.5 Å². The van der Waals surface area contributed by atoms with Gasteiger partial charge in [-0.2, -0.15) is 10.1 Å². The van der Waals surface area contributed by atoms with Crippen molar-refractivity contribution in [2.75, 3.05) is 31.1 Å². The molecular weight excluding hydrogens is 334 g/mol. The molecule has 2 saturated heterocycles. The minimum atomic E-state index is -0.469. The molecule has 1 aromatic heterocycles. The van der Waals surface area contributed by atoms with Crippen LogP contribution < -0.4 is 10.5 Å². The molecule has 0 aliphatic carbocycles. The summed E-state index contributed by atoms with van der Waals surface area (Å²) < 4.78 is 6.67. The fourth-order valence-electron chi connectivity index (χ4n) is 3.83. The number of carbonyl (C=O) groups is 1. The van der Waals surface area contributed by atoms with Crippen molar-refractivity contribution in [1.82, 2.24) is 14.6 Å². The summed E-state index contributed by atoms with van der Waals surface area (Å²) in [4.78, 5) is 31.8. The number of anilines is 1. The Balaban J connectivity index is 1.74. The largest absolute Gasteiger partial charge is 0.446 e. The zero-order valence-corrected chi connectivity index (χ0v) is 15.0. The number of amides is 1. The molecule has 0 spiro atoms. The second-order valence-electron chi connectivity index (χ2n) is 7.06. The van der Waals surface area contributed by atoms with Gasteiger partial charge in [0.25, 0.3) is 5.56 Å². The lowest BCUT2D eigenvalue weighted by molar-refractivity contribution is 0.159. The summed E-state index contributed by atoms with van der Waals surface area (Å²) in [6.07, 6.45) is 8.57. The van der Waals surface area contributed by atoms with E-state index in [1.165, 1.54) is 24.1 Å². The average Bonchev–Trinajstić information content (AvgIpc) is 2.90. The summed E-state index contributed by atoms with van der Waals surface area (Å²) in [6.45, 7) is 3.25. The van der Waals surface area contributed by atoms with Gasteiger partial charge in [0.1, 0.15) is 23.8 Å². The van der Waals surface area contributed by atoms with Crippen LogP contribution in [0, 0.1) is 0 Å². The summed E-state index contributed by atoms with van der Waals surface area (Å²) in [5, 5.41) is 5.48. The summed E-state index contributed by atoms with van der Waals surface area (Å²) in [7, 11) is 0. The Morgan fingerprint density at radius 3 is 2.46 bits per heavy atom. The van der Waals surface area contributed by atoms with Gasteiger partial charge < -0.3 is 9.64 Å². The van der Waals surface area contributed by atoms with Crippen LogP contribution in [-0.4, -0.2) is 53.1 Å². The minimum Gasteiger partial charge on any atom is -0.446 e. The van der Waals surface area contributed by atoms with Crippen molar-refractivity contribution in [3.05, 3.63) is 21.7 Å².